The molecule has 1 atom stereocenters. The third-order valence-electron chi connectivity index (χ3n) is 3.77. The van der Waals surface area contributed by atoms with Gasteiger partial charge in [-0.3, -0.25) is 9.48 Å². The van der Waals surface area contributed by atoms with Crippen LogP contribution >= 0.6 is 0 Å². The highest BCUT2D eigenvalue weighted by molar-refractivity contribution is 5.76. The lowest BCUT2D eigenvalue weighted by Crippen LogP contribution is -2.35. The summed E-state index contributed by atoms with van der Waals surface area (Å²) in [4.78, 5) is 14.0. The average molecular weight is 289 g/mol. The van der Waals surface area contributed by atoms with Crippen LogP contribution in [-0.4, -0.2) is 33.7 Å². The van der Waals surface area contributed by atoms with E-state index in [-0.39, 0.29) is 11.9 Å². The first-order chi connectivity index (χ1) is 10.1. The molecule has 2 aromatic heterocycles. The average Bonchev–Trinajstić information content (AvgIpc) is 3.12. The van der Waals surface area contributed by atoms with E-state index in [1.54, 1.807) is 6.26 Å². The summed E-state index contributed by atoms with van der Waals surface area (Å²) in [6.07, 6.45) is 5.81. The maximum Gasteiger partial charge on any atom is 0.224 e. The van der Waals surface area contributed by atoms with Crippen LogP contribution in [0.3, 0.4) is 0 Å². The number of amides is 1. The maximum atomic E-state index is 12.2. The summed E-state index contributed by atoms with van der Waals surface area (Å²) >= 11 is 0. The summed E-state index contributed by atoms with van der Waals surface area (Å²) < 4.78 is 7.13. The lowest BCUT2D eigenvalue weighted by Gasteiger charge is -2.24. The van der Waals surface area contributed by atoms with Gasteiger partial charge in [-0.15, -0.1) is 0 Å². The van der Waals surface area contributed by atoms with Crippen LogP contribution in [0.4, 0.5) is 0 Å². The van der Waals surface area contributed by atoms with Gasteiger partial charge in [0.1, 0.15) is 5.76 Å². The molecule has 0 saturated carbocycles. The van der Waals surface area contributed by atoms with Crippen molar-refractivity contribution in [3.8, 4) is 0 Å². The van der Waals surface area contributed by atoms with E-state index in [9.17, 15) is 4.79 Å². The Balaban J connectivity index is 1.75. The van der Waals surface area contributed by atoms with Crippen molar-refractivity contribution in [2.45, 2.75) is 45.7 Å². The summed E-state index contributed by atoms with van der Waals surface area (Å²) in [5.74, 6) is 1.12. The lowest BCUT2D eigenvalue weighted by molar-refractivity contribution is -0.132. The van der Waals surface area contributed by atoms with Crippen molar-refractivity contribution >= 4 is 5.91 Å². The number of furan rings is 1. The molecule has 0 bridgehead atoms. The molecule has 0 saturated heterocycles. The van der Waals surface area contributed by atoms with Gasteiger partial charge < -0.3 is 9.32 Å². The van der Waals surface area contributed by atoms with Crippen LogP contribution in [0.2, 0.25) is 0 Å². The zero-order valence-electron chi connectivity index (χ0n) is 13.0. The van der Waals surface area contributed by atoms with Crippen LogP contribution < -0.4 is 0 Å². The van der Waals surface area contributed by atoms with Gasteiger partial charge in [0.25, 0.3) is 0 Å². The van der Waals surface area contributed by atoms with Crippen molar-refractivity contribution < 1.29 is 9.21 Å². The van der Waals surface area contributed by atoms with E-state index in [4.69, 9.17) is 4.42 Å². The van der Waals surface area contributed by atoms with Crippen molar-refractivity contribution in [2.24, 2.45) is 0 Å². The third-order valence-corrected chi connectivity index (χ3v) is 3.77. The first-order valence-corrected chi connectivity index (χ1v) is 7.34. The minimum atomic E-state index is 0.148. The molecule has 2 rings (SSSR count). The normalized spacial score (nSPS) is 12.3. The number of rotatable bonds is 7. The highest BCUT2D eigenvalue weighted by Crippen LogP contribution is 2.10. The van der Waals surface area contributed by atoms with Crippen LogP contribution in [0.15, 0.2) is 35.1 Å². The number of hydrogen-bond acceptors (Lipinski definition) is 3. The molecular formula is C16H23N3O2. The summed E-state index contributed by atoms with van der Waals surface area (Å²) in [5.41, 5.74) is 0.975. The van der Waals surface area contributed by atoms with Crippen LogP contribution in [0.5, 0.6) is 0 Å². The molecule has 0 spiro atoms. The second kappa shape index (κ2) is 7.11. The molecule has 5 nitrogen and oxygen atoms in total. The molecule has 5 heteroatoms. The van der Waals surface area contributed by atoms with Crippen LogP contribution in [0, 0.1) is 6.92 Å². The van der Waals surface area contributed by atoms with Crippen molar-refractivity contribution in [3.05, 3.63) is 42.1 Å². The van der Waals surface area contributed by atoms with Crippen molar-refractivity contribution in [3.63, 3.8) is 0 Å². The SMILES string of the molecule is Cc1ccn(CCC(=O)N(C)[C@H](C)CCc2ccco2)n1. The second-order valence-electron chi connectivity index (χ2n) is 5.44. The van der Waals surface area contributed by atoms with E-state index >= 15 is 0 Å². The number of carbonyl (C=O) groups excluding carboxylic acids is 1. The second-order valence-corrected chi connectivity index (χ2v) is 5.44. The number of aromatic nitrogens is 2. The van der Waals surface area contributed by atoms with Crippen LogP contribution in [0.1, 0.15) is 31.2 Å². The minimum absolute atomic E-state index is 0.148. The lowest BCUT2D eigenvalue weighted by atomic mass is 10.1. The number of carbonyl (C=O) groups is 1. The van der Waals surface area contributed by atoms with Gasteiger partial charge in [0.05, 0.1) is 12.0 Å². The van der Waals surface area contributed by atoms with Gasteiger partial charge in [-0.1, -0.05) is 0 Å². The predicted molar refractivity (Wildman–Crippen MR) is 80.8 cm³/mol. The first kappa shape index (κ1) is 15.4. The van der Waals surface area contributed by atoms with E-state index in [2.05, 4.69) is 12.0 Å². The van der Waals surface area contributed by atoms with E-state index in [1.165, 1.54) is 0 Å². The Labute approximate surface area is 125 Å². The molecule has 0 radical (unpaired) electrons. The molecule has 0 aliphatic rings. The van der Waals surface area contributed by atoms with E-state index in [0.29, 0.717) is 13.0 Å². The largest absolute Gasteiger partial charge is 0.469 e. The molecule has 0 N–H and O–H groups in total. The van der Waals surface area contributed by atoms with Gasteiger partial charge in [0.2, 0.25) is 5.91 Å². The monoisotopic (exact) mass is 289 g/mol. The first-order valence-electron chi connectivity index (χ1n) is 7.34. The fraction of sp³-hybridized carbons (Fsp3) is 0.500. The Morgan fingerprint density at radius 3 is 2.90 bits per heavy atom. The Kier molecular flexibility index (Phi) is 5.20. The summed E-state index contributed by atoms with van der Waals surface area (Å²) in [6, 6.07) is 6.00. The predicted octanol–water partition coefficient (Wildman–Crippen LogP) is 2.65. The molecule has 114 valence electrons. The van der Waals surface area contributed by atoms with Gasteiger partial charge in [-0.25, -0.2) is 0 Å². The molecule has 0 unspecified atom stereocenters. The third kappa shape index (κ3) is 4.48. The molecule has 0 fully saturated rings. The summed E-state index contributed by atoms with van der Waals surface area (Å²) in [5, 5.41) is 4.29. The zero-order chi connectivity index (χ0) is 15.2. The minimum Gasteiger partial charge on any atom is -0.469 e. The van der Waals surface area contributed by atoms with Gasteiger partial charge in [-0.2, -0.15) is 5.10 Å². The standard InChI is InChI=1S/C16H23N3O2/c1-13-8-10-19(17-13)11-9-16(20)18(3)14(2)6-7-15-5-4-12-21-15/h4-5,8,10,12,14H,6-7,9,11H2,1-3H3/t14-/m1/s1. The highest BCUT2D eigenvalue weighted by Gasteiger charge is 2.16. The van der Waals surface area contributed by atoms with Crippen LogP contribution in [-0.2, 0) is 17.8 Å². The van der Waals surface area contributed by atoms with E-state index < -0.39 is 0 Å². The topological polar surface area (TPSA) is 51.3 Å². The van der Waals surface area contributed by atoms with Gasteiger partial charge in [-0.05, 0) is 38.5 Å². The smallest absolute Gasteiger partial charge is 0.224 e. The molecule has 2 aromatic rings. The van der Waals surface area contributed by atoms with Gasteiger partial charge >= 0.3 is 0 Å². The summed E-state index contributed by atoms with van der Waals surface area (Å²) in [7, 11) is 1.86. The molecule has 0 aliphatic heterocycles. The fourth-order valence-corrected chi connectivity index (χ4v) is 2.22. The molecule has 0 aromatic carbocycles. The maximum absolute atomic E-state index is 12.2. The molecule has 2 heterocycles. The Morgan fingerprint density at radius 1 is 1.48 bits per heavy atom. The van der Waals surface area contributed by atoms with Crippen molar-refractivity contribution in [1.82, 2.24) is 14.7 Å². The van der Waals surface area contributed by atoms with E-state index in [0.717, 1.165) is 24.3 Å². The number of aryl methyl sites for hydroxylation is 3. The summed E-state index contributed by atoms with van der Waals surface area (Å²) in [6.45, 7) is 4.64. The fourth-order valence-electron chi connectivity index (χ4n) is 2.22. The molecule has 21 heavy (non-hydrogen) atoms. The molecule has 0 aliphatic carbocycles. The zero-order valence-corrected chi connectivity index (χ0v) is 13.0. The molecular weight excluding hydrogens is 266 g/mol. The van der Waals surface area contributed by atoms with Crippen LogP contribution in [0.25, 0.3) is 0 Å². The molecule has 1 amide bonds. The van der Waals surface area contributed by atoms with E-state index in [1.807, 2.05) is 47.9 Å². The Morgan fingerprint density at radius 2 is 2.29 bits per heavy atom. The van der Waals surface area contributed by atoms with Crippen molar-refractivity contribution in [2.75, 3.05) is 7.05 Å². The van der Waals surface area contributed by atoms with Gasteiger partial charge in [0.15, 0.2) is 0 Å². The van der Waals surface area contributed by atoms with Crippen molar-refractivity contribution in [1.29, 1.82) is 0 Å². The van der Waals surface area contributed by atoms with Gasteiger partial charge in [0, 0.05) is 38.7 Å². The highest BCUT2D eigenvalue weighted by atomic mass is 16.3. The Hall–Kier alpha value is -2.04. The Bertz CT molecular complexity index is 560. The number of nitrogens with zero attached hydrogens (tertiary/aromatic N) is 3. The quantitative estimate of drug-likeness (QED) is 0.787. The number of hydrogen-bond donors (Lipinski definition) is 0.